The molecule has 1 aliphatic rings. The zero-order valence-corrected chi connectivity index (χ0v) is 18.0. The predicted molar refractivity (Wildman–Crippen MR) is 115 cm³/mol. The minimum atomic E-state index is -0.913. The molecule has 6 nitrogen and oxygen atoms in total. The van der Waals surface area contributed by atoms with Crippen LogP contribution in [0, 0.1) is 11.8 Å². The van der Waals surface area contributed by atoms with Crippen molar-refractivity contribution in [3.63, 3.8) is 0 Å². The van der Waals surface area contributed by atoms with Gasteiger partial charge >= 0.3 is 11.9 Å². The van der Waals surface area contributed by atoms with Gasteiger partial charge in [-0.1, -0.05) is 60.7 Å². The number of rotatable bonds is 10. The number of esters is 1. The molecule has 0 saturated carbocycles. The van der Waals surface area contributed by atoms with E-state index in [0.717, 1.165) is 11.1 Å². The van der Waals surface area contributed by atoms with E-state index in [9.17, 15) is 14.7 Å². The number of carbonyl (C=O) groups is 2. The van der Waals surface area contributed by atoms with E-state index in [1.54, 1.807) is 0 Å². The van der Waals surface area contributed by atoms with Gasteiger partial charge in [-0.2, -0.15) is 0 Å². The van der Waals surface area contributed by atoms with Gasteiger partial charge in [0.1, 0.15) is 12.7 Å². The lowest BCUT2D eigenvalue weighted by molar-refractivity contribution is -0.162. The van der Waals surface area contributed by atoms with Crippen molar-refractivity contribution in [1.82, 2.24) is 0 Å². The summed E-state index contributed by atoms with van der Waals surface area (Å²) in [5.41, 5.74) is 1.90. The average molecular weight is 427 g/mol. The van der Waals surface area contributed by atoms with Crippen molar-refractivity contribution in [3.05, 3.63) is 71.8 Å². The van der Waals surface area contributed by atoms with Crippen LogP contribution in [0.3, 0.4) is 0 Å². The van der Waals surface area contributed by atoms with Crippen LogP contribution >= 0.6 is 0 Å². The van der Waals surface area contributed by atoms with Crippen molar-refractivity contribution in [2.24, 2.45) is 11.8 Å². The van der Waals surface area contributed by atoms with Gasteiger partial charge in [-0.25, -0.2) is 0 Å². The fourth-order valence-corrected chi connectivity index (χ4v) is 3.81. The molecule has 3 atom stereocenters. The Labute approximate surface area is 183 Å². The van der Waals surface area contributed by atoms with Crippen LogP contribution in [0.4, 0.5) is 0 Å². The SMILES string of the molecule is CC1(C)OCC(COC(=O)C(Cc2ccccc2)CC(Cc2ccccc2)C(=O)O)O1. The number of aliphatic carboxylic acids is 1. The monoisotopic (exact) mass is 426 g/mol. The van der Waals surface area contributed by atoms with Crippen molar-refractivity contribution >= 4 is 11.9 Å². The van der Waals surface area contributed by atoms with Crippen LogP contribution in [0.15, 0.2) is 60.7 Å². The van der Waals surface area contributed by atoms with Crippen LogP contribution in [0.5, 0.6) is 0 Å². The molecule has 3 unspecified atom stereocenters. The van der Waals surface area contributed by atoms with E-state index in [0.29, 0.717) is 19.4 Å². The highest BCUT2D eigenvalue weighted by Crippen LogP contribution is 2.25. The van der Waals surface area contributed by atoms with Crippen molar-refractivity contribution in [2.45, 2.75) is 45.0 Å². The molecule has 0 aromatic heterocycles. The second kappa shape index (κ2) is 10.6. The lowest BCUT2D eigenvalue weighted by Gasteiger charge is -2.22. The van der Waals surface area contributed by atoms with Crippen molar-refractivity contribution in [3.8, 4) is 0 Å². The zero-order valence-electron chi connectivity index (χ0n) is 18.0. The van der Waals surface area contributed by atoms with Gasteiger partial charge < -0.3 is 19.3 Å². The Kier molecular flexibility index (Phi) is 7.82. The minimum absolute atomic E-state index is 0.0873. The van der Waals surface area contributed by atoms with Gasteiger partial charge in [0.15, 0.2) is 5.79 Å². The first-order chi connectivity index (χ1) is 14.8. The van der Waals surface area contributed by atoms with Crippen LogP contribution in [-0.4, -0.2) is 42.1 Å². The maximum absolute atomic E-state index is 13.0. The largest absolute Gasteiger partial charge is 0.481 e. The Balaban J connectivity index is 1.68. The molecule has 6 heteroatoms. The molecule has 0 amide bonds. The van der Waals surface area contributed by atoms with E-state index in [1.165, 1.54) is 0 Å². The Morgan fingerprint density at radius 2 is 1.55 bits per heavy atom. The topological polar surface area (TPSA) is 82.1 Å². The van der Waals surface area contributed by atoms with Gasteiger partial charge in [-0.3, -0.25) is 9.59 Å². The maximum atomic E-state index is 13.0. The van der Waals surface area contributed by atoms with Gasteiger partial charge in [0.2, 0.25) is 0 Å². The molecule has 0 radical (unpaired) electrons. The summed E-state index contributed by atoms with van der Waals surface area (Å²) in [6.07, 6.45) is 0.663. The smallest absolute Gasteiger partial charge is 0.309 e. The Morgan fingerprint density at radius 1 is 1.00 bits per heavy atom. The summed E-state index contributed by atoms with van der Waals surface area (Å²) in [4.78, 5) is 24.9. The van der Waals surface area contributed by atoms with E-state index >= 15 is 0 Å². The molecule has 1 N–H and O–H groups in total. The molecule has 1 heterocycles. The quantitative estimate of drug-likeness (QED) is 0.581. The maximum Gasteiger partial charge on any atom is 0.309 e. The molecule has 1 aliphatic heterocycles. The summed E-state index contributed by atoms with van der Waals surface area (Å²) >= 11 is 0. The lowest BCUT2D eigenvalue weighted by Crippen LogP contribution is -2.30. The standard InChI is InChI=1S/C25H30O6/c1-25(2)30-17-22(31-25)16-29-24(28)21(14-19-11-7-4-8-12-19)15-20(23(26)27)13-18-9-5-3-6-10-18/h3-12,20-22H,13-17H2,1-2H3,(H,26,27). The number of carbonyl (C=O) groups excluding carboxylic acids is 1. The summed E-state index contributed by atoms with van der Waals surface area (Å²) in [6.45, 7) is 4.07. The minimum Gasteiger partial charge on any atom is -0.481 e. The van der Waals surface area contributed by atoms with Crippen LogP contribution in [0.1, 0.15) is 31.4 Å². The molecule has 0 bridgehead atoms. The van der Waals surface area contributed by atoms with Gasteiger partial charge in [-0.15, -0.1) is 0 Å². The Morgan fingerprint density at radius 3 is 2.03 bits per heavy atom. The lowest BCUT2D eigenvalue weighted by atomic mass is 9.86. The summed E-state index contributed by atoms with van der Waals surface area (Å²) < 4.78 is 16.8. The molecule has 166 valence electrons. The molecular formula is C25H30O6. The van der Waals surface area contributed by atoms with E-state index in [1.807, 2.05) is 74.5 Å². The second-order valence-corrected chi connectivity index (χ2v) is 8.43. The van der Waals surface area contributed by atoms with E-state index in [2.05, 4.69) is 0 Å². The molecule has 31 heavy (non-hydrogen) atoms. The fraction of sp³-hybridized carbons (Fsp3) is 0.440. The van der Waals surface area contributed by atoms with Crippen LogP contribution < -0.4 is 0 Å². The summed E-state index contributed by atoms with van der Waals surface area (Å²) in [6, 6.07) is 19.1. The second-order valence-electron chi connectivity index (χ2n) is 8.43. The average Bonchev–Trinajstić information content (AvgIpc) is 3.11. The Hall–Kier alpha value is -2.70. The third kappa shape index (κ3) is 7.19. The highest BCUT2D eigenvalue weighted by Gasteiger charge is 2.34. The zero-order chi connectivity index (χ0) is 22.3. The van der Waals surface area contributed by atoms with Gasteiger partial charge in [-0.05, 0) is 44.2 Å². The van der Waals surface area contributed by atoms with Crippen molar-refractivity contribution < 1.29 is 28.9 Å². The molecule has 2 aromatic carbocycles. The number of hydrogen-bond donors (Lipinski definition) is 1. The third-order valence-corrected chi connectivity index (χ3v) is 5.38. The summed E-state index contributed by atoms with van der Waals surface area (Å²) in [7, 11) is 0. The first-order valence-electron chi connectivity index (χ1n) is 10.6. The number of benzene rings is 2. The normalized spacial score (nSPS) is 19.5. The molecule has 1 fully saturated rings. The van der Waals surface area contributed by atoms with E-state index in [4.69, 9.17) is 14.2 Å². The molecule has 1 saturated heterocycles. The molecule has 0 spiro atoms. The fourth-order valence-electron chi connectivity index (χ4n) is 3.81. The highest BCUT2D eigenvalue weighted by atomic mass is 16.7. The van der Waals surface area contributed by atoms with Gasteiger partial charge in [0, 0.05) is 0 Å². The predicted octanol–water partition coefficient (Wildman–Crippen LogP) is 3.87. The van der Waals surface area contributed by atoms with Gasteiger partial charge in [0.25, 0.3) is 0 Å². The van der Waals surface area contributed by atoms with Gasteiger partial charge in [0.05, 0.1) is 18.4 Å². The molecule has 0 aliphatic carbocycles. The number of hydrogen-bond acceptors (Lipinski definition) is 5. The first-order valence-corrected chi connectivity index (χ1v) is 10.6. The van der Waals surface area contributed by atoms with Crippen LogP contribution in [0.25, 0.3) is 0 Å². The van der Waals surface area contributed by atoms with E-state index in [-0.39, 0.29) is 19.1 Å². The summed E-state index contributed by atoms with van der Waals surface area (Å²) in [5, 5.41) is 9.80. The Bertz CT molecular complexity index is 849. The van der Waals surface area contributed by atoms with Crippen LogP contribution in [0.2, 0.25) is 0 Å². The molecule has 3 rings (SSSR count). The number of ether oxygens (including phenoxy) is 3. The van der Waals surface area contributed by atoms with Crippen molar-refractivity contribution in [2.75, 3.05) is 13.2 Å². The first kappa shape index (κ1) is 23.0. The van der Waals surface area contributed by atoms with Crippen molar-refractivity contribution in [1.29, 1.82) is 0 Å². The summed E-state index contributed by atoms with van der Waals surface area (Å²) in [5.74, 6) is -3.26. The molecular weight excluding hydrogens is 396 g/mol. The highest BCUT2D eigenvalue weighted by molar-refractivity contribution is 5.75. The van der Waals surface area contributed by atoms with E-state index < -0.39 is 29.6 Å². The van der Waals surface area contributed by atoms with Crippen LogP contribution in [-0.2, 0) is 36.6 Å². The third-order valence-electron chi connectivity index (χ3n) is 5.38. The molecule has 2 aromatic rings. The number of carboxylic acid groups (broad SMARTS) is 1. The number of carboxylic acids is 1.